The summed E-state index contributed by atoms with van der Waals surface area (Å²) in [6.07, 6.45) is -0.125. The molecule has 9 heteroatoms. The van der Waals surface area contributed by atoms with Crippen LogP contribution in [-0.2, 0) is 14.8 Å². The van der Waals surface area contributed by atoms with Crippen molar-refractivity contribution in [2.24, 2.45) is 0 Å². The van der Waals surface area contributed by atoms with Gasteiger partial charge in [-0.25, -0.2) is 17.5 Å². The molecule has 1 heterocycles. The Morgan fingerprint density at radius 3 is 2.88 bits per heavy atom. The van der Waals surface area contributed by atoms with Crippen molar-refractivity contribution in [3.63, 3.8) is 0 Å². The summed E-state index contributed by atoms with van der Waals surface area (Å²) < 4.78 is 58.6. The topological polar surface area (TPSA) is 58.6 Å². The van der Waals surface area contributed by atoms with E-state index in [2.05, 4.69) is 4.72 Å². The van der Waals surface area contributed by atoms with E-state index in [1.165, 1.54) is 12.1 Å². The van der Waals surface area contributed by atoms with Gasteiger partial charge >= 0.3 is 0 Å². The molecular formula is C16H23ClF2N2O3S. The van der Waals surface area contributed by atoms with Gasteiger partial charge in [-0.3, -0.25) is 9.29 Å². The average molecular weight is 397 g/mol. The molecule has 0 spiro atoms. The van der Waals surface area contributed by atoms with Gasteiger partial charge in [0.05, 0.1) is 31.2 Å². The third kappa shape index (κ3) is 5.86. The van der Waals surface area contributed by atoms with Gasteiger partial charge in [0.2, 0.25) is 10.0 Å². The van der Waals surface area contributed by atoms with Crippen molar-refractivity contribution < 1.29 is 21.9 Å². The van der Waals surface area contributed by atoms with E-state index in [0.29, 0.717) is 19.7 Å². The van der Waals surface area contributed by atoms with Crippen molar-refractivity contribution in [1.29, 1.82) is 0 Å². The van der Waals surface area contributed by atoms with Gasteiger partial charge in [0.15, 0.2) is 0 Å². The summed E-state index contributed by atoms with van der Waals surface area (Å²) in [6, 6.07) is 3.82. The van der Waals surface area contributed by atoms with Crippen LogP contribution in [0.4, 0.5) is 8.78 Å². The summed E-state index contributed by atoms with van der Waals surface area (Å²) in [7, 11) is -3.64. The molecule has 0 bridgehead atoms. The summed E-state index contributed by atoms with van der Waals surface area (Å²) in [6.45, 7) is 2.69. The van der Waals surface area contributed by atoms with Crippen LogP contribution >= 0.6 is 11.6 Å². The lowest BCUT2D eigenvalue weighted by atomic mass is 10.0. The SMILES string of the molecule is CC1CN(C(CNS(=O)(=O)CCCF)c2c(F)cccc2Cl)CCO1. The second kappa shape index (κ2) is 9.23. The molecule has 1 saturated heterocycles. The first-order valence-electron chi connectivity index (χ1n) is 8.17. The van der Waals surface area contributed by atoms with Crippen LogP contribution in [0.3, 0.4) is 0 Å². The van der Waals surface area contributed by atoms with Crippen LogP contribution in [0.1, 0.15) is 24.9 Å². The van der Waals surface area contributed by atoms with Gasteiger partial charge in [-0.2, -0.15) is 0 Å². The van der Waals surface area contributed by atoms with E-state index in [9.17, 15) is 17.2 Å². The van der Waals surface area contributed by atoms with E-state index >= 15 is 0 Å². The van der Waals surface area contributed by atoms with E-state index in [1.807, 2.05) is 11.8 Å². The van der Waals surface area contributed by atoms with Gasteiger partial charge in [0.25, 0.3) is 0 Å². The third-order valence-corrected chi connectivity index (χ3v) is 5.85. The fourth-order valence-corrected chi connectivity index (χ4v) is 4.23. The number of benzene rings is 1. The highest BCUT2D eigenvalue weighted by Gasteiger charge is 2.30. The number of hydrogen-bond donors (Lipinski definition) is 1. The Hall–Kier alpha value is -0.800. The maximum Gasteiger partial charge on any atom is 0.211 e. The molecule has 1 fully saturated rings. The monoisotopic (exact) mass is 396 g/mol. The van der Waals surface area contributed by atoms with Gasteiger partial charge in [0.1, 0.15) is 5.82 Å². The molecule has 0 aliphatic carbocycles. The van der Waals surface area contributed by atoms with Crippen LogP contribution in [0, 0.1) is 5.82 Å². The summed E-state index contributed by atoms with van der Waals surface area (Å²) in [5.41, 5.74) is 0.256. The average Bonchev–Trinajstić information content (AvgIpc) is 2.55. The molecule has 5 nitrogen and oxygen atoms in total. The minimum Gasteiger partial charge on any atom is -0.376 e. The van der Waals surface area contributed by atoms with Gasteiger partial charge < -0.3 is 4.74 Å². The maximum atomic E-state index is 14.4. The number of halogens is 3. The Kier molecular flexibility index (Phi) is 7.57. The molecule has 0 aromatic heterocycles. The lowest BCUT2D eigenvalue weighted by molar-refractivity contribution is -0.0342. The van der Waals surface area contributed by atoms with E-state index in [1.54, 1.807) is 6.07 Å². The Bertz CT molecular complexity index is 655. The first kappa shape index (κ1) is 20.5. The first-order valence-corrected chi connectivity index (χ1v) is 10.2. The summed E-state index contributed by atoms with van der Waals surface area (Å²) >= 11 is 6.19. The minimum absolute atomic E-state index is 0.0397. The first-order chi connectivity index (χ1) is 11.8. The molecule has 2 unspecified atom stereocenters. The summed E-state index contributed by atoms with van der Waals surface area (Å²) in [5, 5.41) is 0.243. The lowest BCUT2D eigenvalue weighted by Gasteiger charge is -2.38. The van der Waals surface area contributed by atoms with E-state index in [4.69, 9.17) is 16.3 Å². The normalized spacial score (nSPS) is 20.6. The number of hydrogen-bond acceptors (Lipinski definition) is 4. The van der Waals surface area contributed by atoms with E-state index < -0.39 is 28.6 Å². The molecule has 2 atom stereocenters. The van der Waals surface area contributed by atoms with Crippen LogP contribution in [-0.4, -0.2) is 58.1 Å². The van der Waals surface area contributed by atoms with Gasteiger partial charge in [-0.15, -0.1) is 0 Å². The maximum absolute atomic E-state index is 14.4. The van der Waals surface area contributed by atoms with Gasteiger partial charge in [-0.05, 0) is 25.5 Å². The standard InChI is InChI=1S/C16H23ClF2N2O3S/c1-12-11-21(7-8-24-12)15(10-20-25(22,23)9-3-6-18)16-13(17)4-2-5-14(16)19/h2,4-5,12,15,20H,3,6-11H2,1H3. The number of ether oxygens (including phenoxy) is 1. The number of morpholine rings is 1. The van der Waals surface area contributed by atoms with Crippen LogP contribution in [0.2, 0.25) is 5.02 Å². The fraction of sp³-hybridized carbons (Fsp3) is 0.625. The second-order valence-electron chi connectivity index (χ2n) is 6.04. The second-order valence-corrected chi connectivity index (χ2v) is 8.37. The van der Waals surface area contributed by atoms with Crippen molar-refractivity contribution in [2.75, 3.05) is 38.7 Å². The number of rotatable bonds is 8. The van der Waals surface area contributed by atoms with Gasteiger partial charge in [0, 0.05) is 30.2 Å². The number of nitrogens with one attached hydrogen (secondary N) is 1. The molecule has 0 amide bonds. The predicted octanol–water partition coefficient (Wildman–Crippen LogP) is 2.52. The number of sulfonamides is 1. The lowest BCUT2D eigenvalue weighted by Crippen LogP contribution is -2.47. The molecule has 1 aliphatic rings. The number of alkyl halides is 1. The number of nitrogens with zero attached hydrogens (tertiary/aromatic N) is 1. The molecule has 142 valence electrons. The van der Waals surface area contributed by atoms with Crippen molar-refractivity contribution >= 4 is 21.6 Å². The van der Waals surface area contributed by atoms with Crippen LogP contribution < -0.4 is 4.72 Å². The largest absolute Gasteiger partial charge is 0.376 e. The van der Waals surface area contributed by atoms with Crippen molar-refractivity contribution in [2.45, 2.75) is 25.5 Å². The Balaban J connectivity index is 2.23. The zero-order valence-corrected chi connectivity index (χ0v) is 15.6. The molecular weight excluding hydrogens is 374 g/mol. The Morgan fingerprint density at radius 2 is 2.24 bits per heavy atom. The van der Waals surface area contributed by atoms with Crippen molar-refractivity contribution in [3.05, 3.63) is 34.6 Å². The van der Waals surface area contributed by atoms with Crippen LogP contribution in [0.5, 0.6) is 0 Å². The molecule has 1 aromatic rings. The fourth-order valence-electron chi connectivity index (χ4n) is 2.89. The van der Waals surface area contributed by atoms with E-state index in [-0.39, 0.29) is 35.4 Å². The summed E-state index contributed by atoms with van der Waals surface area (Å²) in [5.74, 6) is -0.791. The Labute approximate surface area is 152 Å². The molecule has 2 rings (SSSR count). The zero-order chi connectivity index (χ0) is 18.4. The molecule has 0 saturated carbocycles. The molecule has 25 heavy (non-hydrogen) atoms. The smallest absolute Gasteiger partial charge is 0.211 e. The van der Waals surface area contributed by atoms with Crippen molar-refractivity contribution in [1.82, 2.24) is 9.62 Å². The third-order valence-electron chi connectivity index (χ3n) is 4.09. The Morgan fingerprint density at radius 1 is 1.48 bits per heavy atom. The van der Waals surface area contributed by atoms with E-state index in [0.717, 1.165) is 0 Å². The highest BCUT2D eigenvalue weighted by Crippen LogP contribution is 2.31. The minimum atomic E-state index is -3.64. The zero-order valence-electron chi connectivity index (χ0n) is 14.1. The molecule has 1 N–H and O–H groups in total. The van der Waals surface area contributed by atoms with Crippen LogP contribution in [0.25, 0.3) is 0 Å². The highest BCUT2D eigenvalue weighted by atomic mass is 35.5. The van der Waals surface area contributed by atoms with Crippen molar-refractivity contribution in [3.8, 4) is 0 Å². The summed E-state index contributed by atoms with van der Waals surface area (Å²) in [4.78, 5) is 1.95. The van der Waals surface area contributed by atoms with Gasteiger partial charge in [-0.1, -0.05) is 17.7 Å². The predicted molar refractivity (Wildman–Crippen MR) is 93.5 cm³/mol. The van der Waals surface area contributed by atoms with Crippen LogP contribution in [0.15, 0.2) is 18.2 Å². The molecule has 1 aliphatic heterocycles. The molecule has 0 radical (unpaired) electrons. The molecule has 1 aromatic carbocycles. The quantitative estimate of drug-likeness (QED) is 0.733. The highest BCUT2D eigenvalue weighted by molar-refractivity contribution is 7.89.